The van der Waals surface area contributed by atoms with Crippen molar-refractivity contribution >= 4 is 22.8 Å². The molecule has 0 aliphatic rings. The van der Waals surface area contributed by atoms with E-state index in [1.807, 2.05) is 0 Å². The minimum atomic E-state index is 0.994. The summed E-state index contributed by atoms with van der Waals surface area (Å²) >= 11 is 0. The van der Waals surface area contributed by atoms with Gasteiger partial charge in [-0.3, -0.25) is 9.98 Å². The zero-order valence-corrected chi connectivity index (χ0v) is 55.8. The number of benzene rings is 2. The van der Waals surface area contributed by atoms with E-state index in [-0.39, 0.29) is 0 Å². The Balaban J connectivity index is 1.73. The third-order valence-corrected chi connectivity index (χ3v) is 17.8. The summed E-state index contributed by atoms with van der Waals surface area (Å²) in [5, 5.41) is 0. The third kappa shape index (κ3) is 47.5. The summed E-state index contributed by atoms with van der Waals surface area (Å²) < 4.78 is 0. The SMILES string of the molecule is CCCCCCCCCCCCCCCCCCCC=CCCCc1ccccc1N=C(CCCCCCCC)C(CCCC)=Nc1ccccc1CCCC=CCCCCCCCCCCCCCCCCCCCCCCCCC. The molecule has 0 saturated heterocycles. The topological polar surface area (TPSA) is 24.7 Å². The van der Waals surface area contributed by atoms with Gasteiger partial charge < -0.3 is 0 Å². The third-order valence-electron chi connectivity index (χ3n) is 17.8. The van der Waals surface area contributed by atoms with Crippen LogP contribution >= 0.6 is 0 Å². The highest BCUT2D eigenvalue weighted by atomic mass is 14.8. The first-order chi connectivity index (χ1) is 40.7. The average Bonchev–Trinajstić information content (AvgIpc) is 3.54. The number of para-hydroxylation sites is 2. The van der Waals surface area contributed by atoms with Gasteiger partial charge in [-0.1, -0.05) is 371 Å². The van der Waals surface area contributed by atoms with Gasteiger partial charge in [0.1, 0.15) is 0 Å². The van der Waals surface area contributed by atoms with Crippen LogP contribution in [0.1, 0.15) is 398 Å². The molecule has 2 rings (SSSR count). The summed E-state index contributed by atoms with van der Waals surface area (Å²) in [5.74, 6) is 0. The van der Waals surface area contributed by atoms with Crippen LogP contribution in [0.25, 0.3) is 0 Å². The molecule has 0 fully saturated rings. The molecular formula is C80H140N2. The first-order valence-electron chi connectivity index (χ1n) is 37.3. The summed E-state index contributed by atoms with van der Waals surface area (Å²) in [6, 6.07) is 18.0. The van der Waals surface area contributed by atoms with Crippen molar-refractivity contribution in [3.63, 3.8) is 0 Å². The Labute approximate surface area is 514 Å². The van der Waals surface area contributed by atoms with Gasteiger partial charge in [0.25, 0.3) is 0 Å². The van der Waals surface area contributed by atoms with Crippen molar-refractivity contribution in [1.82, 2.24) is 0 Å². The lowest BCUT2D eigenvalue weighted by molar-refractivity contribution is 0.518. The van der Waals surface area contributed by atoms with E-state index in [1.54, 1.807) is 0 Å². The first kappa shape index (κ1) is 75.4. The van der Waals surface area contributed by atoms with Gasteiger partial charge in [-0.05, 0) is 113 Å². The van der Waals surface area contributed by atoms with Crippen LogP contribution in [0.5, 0.6) is 0 Å². The number of nitrogens with zero attached hydrogens (tertiary/aromatic N) is 2. The average molecular weight is 1130 g/mol. The molecule has 2 aromatic carbocycles. The van der Waals surface area contributed by atoms with Gasteiger partial charge in [-0.25, -0.2) is 0 Å². The van der Waals surface area contributed by atoms with Crippen LogP contribution in [0.2, 0.25) is 0 Å². The summed E-state index contributed by atoms with van der Waals surface area (Å²) in [6.07, 6.45) is 89.0. The van der Waals surface area contributed by atoms with E-state index in [9.17, 15) is 0 Å². The fourth-order valence-electron chi connectivity index (χ4n) is 12.2. The lowest BCUT2D eigenvalue weighted by Crippen LogP contribution is -2.15. The maximum Gasteiger partial charge on any atom is 0.0665 e. The van der Waals surface area contributed by atoms with Crippen LogP contribution in [0, 0.1) is 0 Å². The largest absolute Gasteiger partial charge is 0.251 e. The summed E-state index contributed by atoms with van der Waals surface area (Å²) in [7, 11) is 0. The van der Waals surface area contributed by atoms with Crippen molar-refractivity contribution in [2.45, 2.75) is 400 Å². The second-order valence-electron chi connectivity index (χ2n) is 25.7. The molecule has 2 nitrogen and oxygen atoms in total. The minimum Gasteiger partial charge on any atom is -0.251 e. The molecule has 0 amide bonds. The molecule has 0 aliphatic heterocycles. The van der Waals surface area contributed by atoms with Crippen molar-refractivity contribution < 1.29 is 0 Å². The van der Waals surface area contributed by atoms with Gasteiger partial charge in [0, 0.05) is 0 Å². The van der Waals surface area contributed by atoms with E-state index < -0.39 is 0 Å². The highest BCUT2D eigenvalue weighted by molar-refractivity contribution is 6.43. The van der Waals surface area contributed by atoms with Gasteiger partial charge in [-0.15, -0.1) is 0 Å². The molecule has 2 heteroatoms. The molecule has 0 N–H and O–H groups in total. The van der Waals surface area contributed by atoms with Crippen LogP contribution < -0.4 is 0 Å². The van der Waals surface area contributed by atoms with Crippen molar-refractivity contribution in [3.8, 4) is 0 Å². The Kier molecular flexibility index (Phi) is 56.4. The number of rotatable bonds is 63. The smallest absolute Gasteiger partial charge is 0.0665 e. The Morgan fingerprint density at radius 2 is 0.463 bits per heavy atom. The highest BCUT2D eigenvalue weighted by Crippen LogP contribution is 2.27. The van der Waals surface area contributed by atoms with Crippen LogP contribution in [0.3, 0.4) is 0 Å². The van der Waals surface area contributed by atoms with Crippen LogP contribution in [0.15, 0.2) is 82.8 Å². The molecule has 0 aliphatic carbocycles. The molecule has 0 saturated carbocycles. The van der Waals surface area contributed by atoms with Crippen molar-refractivity contribution in [1.29, 1.82) is 0 Å². The highest BCUT2D eigenvalue weighted by Gasteiger charge is 2.14. The summed E-state index contributed by atoms with van der Waals surface area (Å²) in [6.45, 7) is 9.26. The normalized spacial score (nSPS) is 12.3. The Morgan fingerprint density at radius 3 is 0.744 bits per heavy atom. The predicted octanol–water partition coefficient (Wildman–Crippen LogP) is 28.7. The molecule has 470 valence electrons. The molecule has 2 aromatic rings. The van der Waals surface area contributed by atoms with E-state index in [1.165, 1.54) is 350 Å². The Morgan fingerprint density at radius 1 is 0.244 bits per heavy atom. The molecule has 0 unspecified atom stereocenters. The standard InChI is InChI=1S/C80H140N2/c1-5-9-13-16-19-21-23-25-27-29-31-33-35-36-37-38-39-40-42-44-46-47-49-51-53-55-57-60-67-75-69-63-65-72-77(75)81-79(71-12-8-4)80(74-62-59-18-15-11-7-3)82-78-73-66-64-70-76(78)68-61-58-56-54-52-50-48-45-43-41-34-32-30-28-26-24-22-20-17-14-10-6-2/h53-56,63-66,69-70,72-73H,5-52,57-62,67-68,71,74H2,1-4H3. The Hall–Kier alpha value is -2.74. The van der Waals surface area contributed by atoms with Crippen molar-refractivity contribution in [3.05, 3.63) is 84.0 Å². The first-order valence-corrected chi connectivity index (χ1v) is 37.3. The maximum absolute atomic E-state index is 5.61. The lowest BCUT2D eigenvalue weighted by atomic mass is 10.00. The molecule has 0 bridgehead atoms. The molecule has 0 spiro atoms. The minimum absolute atomic E-state index is 0.994. The maximum atomic E-state index is 5.61. The molecule has 0 aromatic heterocycles. The summed E-state index contributed by atoms with van der Waals surface area (Å²) in [5.41, 5.74) is 7.55. The molecule has 0 radical (unpaired) electrons. The number of allylic oxidation sites excluding steroid dienone is 4. The molecular weight excluding hydrogens is 989 g/mol. The fourth-order valence-corrected chi connectivity index (χ4v) is 12.2. The van der Waals surface area contributed by atoms with E-state index in [0.717, 1.165) is 56.3 Å². The fraction of sp³-hybridized carbons (Fsp3) is 0.775. The van der Waals surface area contributed by atoms with Gasteiger partial charge in [0.05, 0.1) is 22.8 Å². The molecule has 82 heavy (non-hydrogen) atoms. The van der Waals surface area contributed by atoms with E-state index in [4.69, 9.17) is 9.98 Å². The summed E-state index contributed by atoms with van der Waals surface area (Å²) in [4.78, 5) is 11.2. The monoisotopic (exact) mass is 1130 g/mol. The molecule has 0 atom stereocenters. The van der Waals surface area contributed by atoms with Gasteiger partial charge in [0.15, 0.2) is 0 Å². The Bertz CT molecular complexity index is 1740. The number of aryl methyl sites for hydroxylation is 2. The van der Waals surface area contributed by atoms with Gasteiger partial charge in [0.2, 0.25) is 0 Å². The number of hydrogen-bond acceptors (Lipinski definition) is 2. The predicted molar refractivity (Wildman–Crippen MR) is 374 cm³/mol. The van der Waals surface area contributed by atoms with E-state index in [0.29, 0.717) is 0 Å². The zero-order chi connectivity index (χ0) is 58.4. The second-order valence-corrected chi connectivity index (χ2v) is 25.7. The van der Waals surface area contributed by atoms with E-state index >= 15 is 0 Å². The van der Waals surface area contributed by atoms with Crippen molar-refractivity contribution in [2.24, 2.45) is 9.98 Å². The van der Waals surface area contributed by atoms with Crippen LogP contribution in [-0.4, -0.2) is 11.4 Å². The van der Waals surface area contributed by atoms with Gasteiger partial charge in [-0.2, -0.15) is 0 Å². The number of unbranched alkanes of at least 4 members (excludes halogenated alkanes) is 48. The van der Waals surface area contributed by atoms with Crippen molar-refractivity contribution in [2.75, 3.05) is 0 Å². The van der Waals surface area contributed by atoms with Crippen LogP contribution in [-0.2, 0) is 12.8 Å². The van der Waals surface area contributed by atoms with Gasteiger partial charge >= 0.3 is 0 Å². The van der Waals surface area contributed by atoms with E-state index in [2.05, 4.69) is 101 Å². The quantitative estimate of drug-likeness (QED) is 0.0358. The second kappa shape index (κ2) is 61.4. The molecule has 0 heterocycles. The zero-order valence-electron chi connectivity index (χ0n) is 55.8. The van der Waals surface area contributed by atoms with Crippen LogP contribution in [0.4, 0.5) is 11.4 Å². The lowest BCUT2D eigenvalue weighted by Gasteiger charge is -2.14. The number of aliphatic imine (C=N–C) groups is 2. The number of hydrogen-bond donors (Lipinski definition) is 0.